The molecule has 6 aromatic carbocycles. The number of aryl methyl sites for hydroxylation is 5. The zero-order chi connectivity index (χ0) is 35.5. The number of para-hydroxylation sites is 2. The second kappa shape index (κ2) is 12.6. The molecule has 0 atom stereocenters. The number of fused-ring (bicyclic) bond motifs is 2. The molecule has 0 unspecified atom stereocenters. The minimum absolute atomic E-state index is 0.276. The topological polar surface area (TPSA) is 32.5 Å². The highest BCUT2D eigenvalue weighted by molar-refractivity contribution is 7.99. The number of halogens is 3. The number of nitrogens with two attached hydrogens (primary N) is 1. The largest absolute Gasteiger partial charge is 0.418 e. The number of alkyl halides is 3. The van der Waals surface area contributed by atoms with Gasteiger partial charge < -0.3 is 15.5 Å². The molecule has 0 fully saturated rings. The summed E-state index contributed by atoms with van der Waals surface area (Å²) in [6, 6.07) is 36.2. The molecule has 0 saturated carbocycles. The summed E-state index contributed by atoms with van der Waals surface area (Å²) in [5, 5.41) is 0. The summed E-state index contributed by atoms with van der Waals surface area (Å²) < 4.78 is 42.6. The van der Waals surface area contributed by atoms with Gasteiger partial charge in [-0.2, -0.15) is 13.2 Å². The zero-order valence-electron chi connectivity index (χ0n) is 28.9. The van der Waals surface area contributed by atoms with Gasteiger partial charge in [0.05, 0.1) is 22.6 Å². The van der Waals surface area contributed by atoms with Crippen molar-refractivity contribution < 1.29 is 13.2 Å². The zero-order valence-corrected chi connectivity index (χ0v) is 29.7. The van der Waals surface area contributed by atoms with Crippen LogP contribution in [0.2, 0.25) is 0 Å². The third kappa shape index (κ3) is 5.79. The number of hydrogen-bond acceptors (Lipinski definition) is 4. The van der Waals surface area contributed by atoms with Gasteiger partial charge in [-0.3, -0.25) is 0 Å². The average Bonchev–Trinajstić information content (AvgIpc) is 3.05. The summed E-state index contributed by atoms with van der Waals surface area (Å²) in [5.41, 5.74) is 19.0. The lowest BCUT2D eigenvalue weighted by molar-refractivity contribution is -0.136. The van der Waals surface area contributed by atoms with Crippen LogP contribution in [-0.4, -0.2) is 0 Å². The van der Waals surface area contributed by atoms with E-state index in [0.717, 1.165) is 77.8 Å². The van der Waals surface area contributed by atoms with Gasteiger partial charge in [0.15, 0.2) is 0 Å². The third-order valence-corrected chi connectivity index (χ3v) is 10.7. The van der Waals surface area contributed by atoms with Gasteiger partial charge in [0, 0.05) is 32.5 Å². The lowest BCUT2D eigenvalue weighted by Crippen LogP contribution is -2.20. The fourth-order valence-corrected chi connectivity index (χ4v) is 8.63. The Morgan fingerprint density at radius 1 is 0.620 bits per heavy atom. The van der Waals surface area contributed by atoms with Crippen molar-refractivity contribution in [1.82, 2.24) is 0 Å². The van der Waals surface area contributed by atoms with E-state index in [2.05, 4.69) is 86.3 Å². The van der Waals surface area contributed by atoms with Gasteiger partial charge >= 0.3 is 6.18 Å². The second-order valence-electron chi connectivity index (χ2n) is 13.1. The number of rotatable bonds is 5. The van der Waals surface area contributed by atoms with Gasteiger partial charge in [-0.05, 0) is 135 Å². The van der Waals surface area contributed by atoms with Gasteiger partial charge in [-0.1, -0.05) is 71.9 Å². The molecule has 6 aromatic rings. The van der Waals surface area contributed by atoms with E-state index >= 15 is 0 Å². The molecular weight excluding hydrogens is 648 g/mol. The van der Waals surface area contributed by atoms with E-state index in [-0.39, 0.29) is 5.69 Å². The minimum Gasteiger partial charge on any atom is -0.398 e. The molecule has 1 aliphatic heterocycles. The van der Waals surface area contributed by atoms with Gasteiger partial charge in [-0.25, -0.2) is 0 Å². The van der Waals surface area contributed by atoms with E-state index in [1.54, 1.807) is 0 Å². The molecule has 0 radical (unpaired) electrons. The summed E-state index contributed by atoms with van der Waals surface area (Å²) in [7, 11) is 0. The predicted molar refractivity (Wildman–Crippen MR) is 203 cm³/mol. The second-order valence-corrected chi connectivity index (χ2v) is 14.2. The quantitative estimate of drug-likeness (QED) is 0.183. The summed E-state index contributed by atoms with van der Waals surface area (Å²) in [4.78, 5) is 5.94. The fourth-order valence-electron chi connectivity index (χ4n) is 7.44. The Kier molecular flexibility index (Phi) is 8.43. The van der Waals surface area contributed by atoms with Gasteiger partial charge in [-0.15, -0.1) is 0 Å². The molecule has 1 heterocycles. The Labute approximate surface area is 296 Å². The van der Waals surface area contributed by atoms with E-state index in [1.807, 2.05) is 62.1 Å². The Hall–Kier alpha value is -5.14. The molecule has 0 aromatic heterocycles. The van der Waals surface area contributed by atoms with Gasteiger partial charge in [0.2, 0.25) is 0 Å². The Balaban J connectivity index is 1.40. The van der Waals surface area contributed by atoms with Gasteiger partial charge in [0.1, 0.15) is 0 Å². The molecule has 0 saturated heterocycles. The number of nitrogen functional groups attached to an aromatic ring is 1. The van der Waals surface area contributed by atoms with Gasteiger partial charge in [0.25, 0.3) is 0 Å². The van der Waals surface area contributed by atoms with E-state index in [9.17, 15) is 13.2 Å². The summed E-state index contributed by atoms with van der Waals surface area (Å²) in [6.07, 6.45) is -4.58. The highest BCUT2D eigenvalue weighted by Gasteiger charge is 2.37. The molecular formula is C43H38F3N3S. The standard InChI is InChI=1S/C43H38F3N3S/c1-25-19-28(4)41(29(5)20-25)49-37-18-17-34(30(6)42(37)50-39-24-36(47)35(23-38(39)49)43(44,45)46)40-26(2)21-33(22-27(40)3)48(31-13-9-7-10-14-31)32-15-11-8-12-16-32/h7-24H,47H2,1-6H3. The van der Waals surface area contributed by atoms with Crippen molar-refractivity contribution in [2.24, 2.45) is 0 Å². The van der Waals surface area contributed by atoms with Crippen LogP contribution < -0.4 is 15.5 Å². The van der Waals surface area contributed by atoms with Crippen molar-refractivity contribution >= 4 is 51.6 Å². The van der Waals surface area contributed by atoms with E-state index in [0.29, 0.717) is 10.6 Å². The molecule has 0 bridgehead atoms. The third-order valence-electron chi connectivity index (χ3n) is 9.45. The summed E-state index contributed by atoms with van der Waals surface area (Å²) in [6.45, 7) is 12.5. The average molecular weight is 686 g/mol. The maximum absolute atomic E-state index is 14.2. The molecule has 7 rings (SSSR count). The molecule has 0 aliphatic carbocycles. The number of nitrogens with zero attached hydrogens (tertiary/aromatic N) is 2. The van der Waals surface area contributed by atoms with E-state index in [4.69, 9.17) is 5.73 Å². The molecule has 0 amide bonds. The lowest BCUT2D eigenvalue weighted by Gasteiger charge is -2.37. The smallest absolute Gasteiger partial charge is 0.398 e. The van der Waals surface area contributed by atoms with Crippen molar-refractivity contribution in [2.45, 2.75) is 57.5 Å². The van der Waals surface area contributed by atoms with Crippen LogP contribution in [-0.2, 0) is 6.18 Å². The molecule has 3 nitrogen and oxygen atoms in total. The van der Waals surface area contributed by atoms with Crippen LogP contribution in [0.1, 0.15) is 38.9 Å². The summed E-state index contributed by atoms with van der Waals surface area (Å²) in [5.74, 6) is 0. The van der Waals surface area contributed by atoms with E-state index < -0.39 is 11.7 Å². The van der Waals surface area contributed by atoms with Crippen LogP contribution >= 0.6 is 11.8 Å². The first-order valence-corrected chi connectivity index (χ1v) is 17.4. The Bertz CT molecular complexity index is 2180. The van der Waals surface area contributed by atoms with Crippen LogP contribution in [0.15, 0.2) is 119 Å². The molecule has 0 spiro atoms. The SMILES string of the molecule is Cc1cc(C)c(N2c3cc(C(F)(F)F)c(N)cc3Sc3c2ccc(-c2c(C)cc(N(c4ccccc4)c4ccccc4)cc2C)c3C)c(C)c1. The first-order chi connectivity index (χ1) is 23.8. The van der Waals surface area contributed by atoms with Crippen LogP contribution in [0.4, 0.5) is 53.0 Å². The van der Waals surface area contributed by atoms with E-state index in [1.165, 1.54) is 23.9 Å². The molecule has 2 N–H and O–H groups in total. The minimum atomic E-state index is -4.58. The number of benzene rings is 6. The Morgan fingerprint density at radius 2 is 1.18 bits per heavy atom. The molecule has 7 heteroatoms. The molecule has 50 heavy (non-hydrogen) atoms. The highest BCUT2D eigenvalue weighted by atomic mass is 32.2. The summed E-state index contributed by atoms with van der Waals surface area (Å²) >= 11 is 1.48. The van der Waals surface area contributed by atoms with Crippen LogP contribution in [0.3, 0.4) is 0 Å². The van der Waals surface area contributed by atoms with Crippen molar-refractivity contribution in [1.29, 1.82) is 0 Å². The molecule has 1 aliphatic rings. The van der Waals surface area contributed by atoms with Crippen molar-refractivity contribution in [2.75, 3.05) is 15.5 Å². The maximum atomic E-state index is 14.2. The first kappa shape index (κ1) is 33.4. The van der Waals surface area contributed by atoms with Crippen LogP contribution in [0.5, 0.6) is 0 Å². The van der Waals surface area contributed by atoms with Crippen molar-refractivity contribution in [3.63, 3.8) is 0 Å². The first-order valence-electron chi connectivity index (χ1n) is 16.6. The monoisotopic (exact) mass is 685 g/mol. The number of anilines is 7. The Morgan fingerprint density at radius 3 is 1.72 bits per heavy atom. The predicted octanol–water partition coefficient (Wildman–Crippen LogP) is 13.2. The highest BCUT2D eigenvalue weighted by Crippen LogP contribution is 2.57. The van der Waals surface area contributed by atoms with Crippen LogP contribution in [0, 0.1) is 41.5 Å². The van der Waals surface area contributed by atoms with Crippen molar-refractivity contribution in [3.05, 3.63) is 148 Å². The normalized spacial score (nSPS) is 12.5. The fraction of sp³-hybridized carbons (Fsp3) is 0.163. The molecule has 252 valence electrons. The van der Waals surface area contributed by atoms with Crippen molar-refractivity contribution in [3.8, 4) is 11.1 Å². The van der Waals surface area contributed by atoms with Crippen LogP contribution in [0.25, 0.3) is 11.1 Å². The lowest BCUT2D eigenvalue weighted by atomic mass is 9.91. The maximum Gasteiger partial charge on any atom is 0.418 e. The number of hydrogen-bond donors (Lipinski definition) is 1.